The third-order valence-electron chi connectivity index (χ3n) is 2.04. The second kappa shape index (κ2) is 5.92. The number of aliphatic hydroxyl groups is 1. The highest BCUT2D eigenvalue weighted by Gasteiger charge is 2.07. The zero-order valence-electron chi connectivity index (χ0n) is 8.12. The summed E-state index contributed by atoms with van der Waals surface area (Å²) in [5.41, 5.74) is 0.604. The number of hydrogen-bond acceptors (Lipinski definition) is 2. The first-order valence-corrected chi connectivity index (χ1v) is 5.90. The maximum atomic E-state index is 12.2. The van der Waals surface area contributed by atoms with Gasteiger partial charge >= 0.3 is 0 Å². The molecular weight excluding hydrogens is 220 g/mol. The van der Waals surface area contributed by atoms with Crippen LogP contribution in [0.25, 0.3) is 0 Å². The molecule has 0 fully saturated rings. The largest absolute Gasteiger partial charge is 0.388 e. The van der Waals surface area contributed by atoms with Gasteiger partial charge in [0.1, 0.15) is 6.01 Å². The topological polar surface area (TPSA) is 44.1 Å². The maximum Gasteiger partial charge on any atom is 0.149 e. The van der Waals surface area contributed by atoms with Crippen molar-refractivity contribution in [1.29, 1.82) is 4.78 Å². The van der Waals surface area contributed by atoms with E-state index in [4.69, 9.17) is 4.78 Å². The van der Waals surface area contributed by atoms with Crippen molar-refractivity contribution in [1.82, 2.24) is 0 Å². The quantitative estimate of drug-likeness (QED) is 0.807. The van der Waals surface area contributed by atoms with Gasteiger partial charge < -0.3 is 5.11 Å². The zero-order chi connectivity index (χ0) is 11.3. The van der Waals surface area contributed by atoms with Gasteiger partial charge in [0.05, 0.1) is 12.8 Å². The van der Waals surface area contributed by atoms with E-state index in [1.165, 1.54) is 0 Å². The predicted octanol–water partition coefficient (Wildman–Crippen LogP) is 2.75. The molecule has 0 spiro atoms. The monoisotopic (exact) mass is 233 g/mol. The highest BCUT2D eigenvalue weighted by atomic mass is 32.2. The first-order valence-electron chi connectivity index (χ1n) is 4.51. The molecule has 5 heteroatoms. The standard InChI is InChI=1S/C10H13F2NOS/c11-6-5-10(14)8-1-3-9(4-2-8)15(13)7-12/h1-4,10,13-14H,5-7H2. The van der Waals surface area contributed by atoms with Crippen LogP contribution in [-0.4, -0.2) is 17.8 Å². The third-order valence-corrected chi connectivity index (χ3v) is 3.10. The Kier molecular flexibility index (Phi) is 4.84. The van der Waals surface area contributed by atoms with Crippen LogP contribution in [0.2, 0.25) is 0 Å². The molecule has 0 aliphatic rings. The van der Waals surface area contributed by atoms with Crippen LogP contribution < -0.4 is 0 Å². The number of aliphatic hydroxyl groups excluding tert-OH is 1. The van der Waals surface area contributed by atoms with Gasteiger partial charge in [0.25, 0.3) is 0 Å². The molecule has 15 heavy (non-hydrogen) atoms. The normalized spacial score (nSPS) is 14.9. The molecule has 0 aliphatic heterocycles. The summed E-state index contributed by atoms with van der Waals surface area (Å²) in [7, 11) is -1.14. The first kappa shape index (κ1) is 12.3. The molecule has 2 unspecified atom stereocenters. The highest BCUT2D eigenvalue weighted by molar-refractivity contribution is 7.85. The summed E-state index contributed by atoms with van der Waals surface area (Å²) in [6.45, 7) is -0.573. The molecule has 2 N–H and O–H groups in total. The van der Waals surface area contributed by atoms with E-state index in [0.29, 0.717) is 10.5 Å². The van der Waals surface area contributed by atoms with E-state index in [-0.39, 0.29) is 6.42 Å². The molecule has 1 aromatic carbocycles. The van der Waals surface area contributed by atoms with Crippen LogP contribution in [0.4, 0.5) is 8.78 Å². The lowest BCUT2D eigenvalue weighted by Crippen LogP contribution is -1.99. The Labute approximate surface area is 89.8 Å². The van der Waals surface area contributed by atoms with E-state index < -0.39 is 29.5 Å². The molecule has 84 valence electrons. The second-order valence-electron chi connectivity index (χ2n) is 3.06. The average Bonchev–Trinajstić information content (AvgIpc) is 2.28. The van der Waals surface area contributed by atoms with Gasteiger partial charge in [-0.3, -0.25) is 9.17 Å². The van der Waals surface area contributed by atoms with Crippen LogP contribution in [0.1, 0.15) is 18.1 Å². The molecular formula is C10H13F2NOS. The van der Waals surface area contributed by atoms with Crippen LogP contribution >= 0.6 is 0 Å². The number of alkyl halides is 2. The second-order valence-corrected chi connectivity index (χ2v) is 4.53. The Bertz CT molecular complexity index is 329. The van der Waals surface area contributed by atoms with Crippen molar-refractivity contribution in [3.8, 4) is 0 Å². The van der Waals surface area contributed by atoms with Gasteiger partial charge in [0.15, 0.2) is 0 Å². The lowest BCUT2D eigenvalue weighted by molar-refractivity contribution is 0.156. The smallest absolute Gasteiger partial charge is 0.149 e. The molecule has 0 heterocycles. The molecule has 0 saturated heterocycles. The minimum Gasteiger partial charge on any atom is -0.388 e. The molecule has 0 saturated carbocycles. The number of hydrogen-bond donors (Lipinski definition) is 2. The van der Waals surface area contributed by atoms with Crippen molar-refractivity contribution in [2.75, 3.05) is 12.7 Å². The molecule has 1 aromatic rings. The lowest BCUT2D eigenvalue weighted by Gasteiger charge is -2.09. The summed E-state index contributed by atoms with van der Waals surface area (Å²) in [6, 6.07) is 5.73. The molecule has 2 atom stereocenters. The van der Waals surface area contributed by atoms with Gasteiger partial charge in [0, 0.05) is 11.3 Å². The Morgan fingerprint density at radius 2 is 1.87 bits per heavy atom. The van der Waals surface area contributed by atoms with Crippen LogP contribution in [0.15, 0.2) is 29.2 Å². The van der Waals surface area contributed by atoms with E-state index in [2.05, 4.69) is 0 Å². The van der Waals surface area contributed by atoms with E-state index in [9.17, 15) is 13.9 Å². The van der Waals surface area contributed by atoms with Crippen molar-refractivity contribution in [2.24, 2.45) is 0 Å². The SMILES string of the molecule is N=S(CF)c1ccc(C(O)CCF)cc1. The summed E-state index contributed by atoms with van der Waals surface area (Å²) in [6.07, 6.45) is -0.753. The van der Waals surface area contributed by atoms with Gasteiger partial charge in [-0.05, 0) is 28.4 Å². The summed E-state index contributed by atoms with van der Waals surface area (Å²) < 4.78 is 31.5. The number of rotatable bonds is 5. The minimum absolute atomic E-state index is 0.0645. The van der Waals surface area contributed by atoms with Gasteiger partial charge in [-0.2, -0.15) is 0 Å². The van der Waals surface area contributed by atoms with Gasteiger partial charge in [-0.15, -0.1) is 0 Å². The molecule has 0 aliphatic carbocycles. The number of nitrogens with one attached hydrogen (secondary N) is 1. The Morgan fingerprint density at radius 3 is 2.33 bits per heavy atom. The van der Waals surface area contributed by atoms with E-state index in [1.807, 2.05) is 0 Å². The average molecular weight is 233 g/mol. The van der Waals surface area contributed by atoms with Crippen LogP contribution in [0, 0.1) is 4.78 Å². The van der Waals surface area contributed by atoms with Crippen molar-refractivity contribution in [3.05, 3.63) is 29.8 Å². The summed E-state index contributed by atoms with van der Waals surface area (Å²) >= 11 is 0. The highest BCUT2D eigenvalue weighted by Crippen LogP contribution is 2.18. The fourth-order valence-electron chi connectivity index (χ4n) is 1.19. The summed E-state index contributed by atoms with van der Waals surface area (Å²) in [5.74, 6) is 0. The van der Waals surface area contributed by atoms with Crippen LogP contribution in [-0.2, 0) is 10.7 Å². The molecule has 0 radical (unpaired) electrons. The minimum atomic E-state index is -1.14. The molecule has 1 rings (SSSR count). The fourth-order valence-corrected chi connectivity index (χ4v) is 1.78. The molecule has 2 nitrogen and oxygen atoms in total. The van der Waals surface area contributed by atoms with Gasteiger partial charge in [-0.25, -0.2) is 4.39 Å². The third kappa shape index (κ3) is 3.35. The summed E-state index contributed by atoms with van der Waals surface area (Å²) in [4.78, 5) is 0.591. The van der Waals surface area contributed by atoms with Crippen LogP contribution in [0.3, 0.4) is 0 Å². The molecule has 0 aromatic heterocycles. The van der Waals surface area contributed by atoms with E-state index >= 15 is 0 Å². The maximum absolute atomic E-state index is 12.2. The first-order chi connectivity index (χ1) is 7.19. The summed E-state index contributed by atoms with van der Waals surface area (Å²) in [5, 5.41) is 9.45. The number of halogens is 2. The van der Waals surface area contributed by atoms with E-state index in [0.717, 1.165) is 0 Å². The predicted molar refractivity (Wildman–Crippen MR) is 56.3 cm³/mol. The fraction of sp³-hybridized carbons (Fsp3) is 0.400. The van der Waals surface area contributed by atoms with Gasteiger partial charge in [-0.1, -0.05) is 12.1 Å². The zero-order valence-corrected chi connectivity index (χ0v) is 8.94. The lowest BCUT2D eigenvalue weighted by atomic mass is 10.1. The Hall–Kier alpha value is -0.810. The van der Waals surface area contributed by atoms with Gasteiger partial charge in [0.2, 0.25) is 0 Å². The molecule has 0 bridgehead atoms. The van der Waals surface area contributed by atoms with Crippen molar-refractivity contribution in [2.45, 2.75) is 17.4 Å². The van der Waals surface area contributed by atoms with Crippen LogP contribution in [0.5, 0.6) is 0 Å². The van der Waals surface area contributed by atoms with Crippen molar-refractivity contribution in [3.63, 3.8) is 0 Å². The Morgan fingerprint density at radius 1 is 1.27 bits per heavy atom. The van der Waals surface area contributed by atoms with Crippen molar-refractivity contribution >= 4 is 10.7 Å². The van der Waals surface area contributed by atoms with E-state index in [1.54, 1.807) is 24.3 Å². The van der Waals surface area contributed by atoms with Crippen molar-refractivity contribution < 1.29 is 13.9 Å². The number of benzene rings is 1. The Balaban J connectivity index is 2.76. The molecule has 0 amide bonds.